The van der Waals surface area contributed by atoms with Gasteiger partial charge in [-0.25, -0.2) is 9.18 Å². The summed E-state index contributed by atoms with van der Waals surface area (Å²) in [6.07, 6.45) is 1.39. The molecule has 0 unspecified atom stereocenters. The molecule has 0 aliphatic heterocycles. The van der Waals surface area contributed by atoms with Gasteiger partial charge in [-0.2, -0.15) is 4.99 Å². The van der Waals surface area contributed by atoms with Crippen molar-refractivity contribution < 1.29 is 9.18 Å². The number of rotatable bonds is 1. The predicted octanol–water partition coefficient (Wildman–Crippen LogP) is 2.86. The van der Waals surface area contributed by atoms with Crippen molar-refractivity contribution in [1.82, 2.24) is 0 Å². The molecule has 0 N–H and O–H groups in total. The third-order valence-electron chi connectivity index (χ3n) is 1.47. The van der Waals surface area contributed by atoms with E-state index in [4.69, 9.17) is 0 Å². The molecule has 0 saturated heterocycles. The van der Waals surface area contributed by atoms with Crippen LogP contribution in [0.5, 0.6) is 0 Å². The molecule has 0 atom stereocenters. The van der Waals surface area contributed by atoms with Crippen LogP contribution in [0.3, 0.4) is 0 Å². The van der Waals surface area contributed by atoms with Crippen LogP contribution >= 0.6 is 15.9 Å². The van der Waals surface area contributed by atoms with Crippen LogP contribution in [0.2, 0.25) is 0 Å². The Morgan fingerprint density at radius 3 is 2.83 bits per heavy atom. The molecular formula is C8H5BrFNO. The summed E-state index contributed by atoms with van der Waals surface area (Å²) in [5.74, 6) is -0.327. The minimum absolute atomic E-state index is 0.327. The summed E-state index contributed by atoms with van der Waals surface area (Å²) in [6.45, 7) is 1.60. The quantitative estimate of drug-likeness (QED) is 0.538. The van der Waals surface area contributed by atoms with Gasteiger partial charge in [0.05, 0.1) is 5.69 Å². The summed E-state index contributed by atoms with van der Waals surface area (Å²) in [4.78, 5) is 13.3. The fourth-order valence-corrected chi connectivity index (χ4v) is 1.19. The molecule has 0 saturated carbocycles. The van der Waals surface area contributed by atoms with Gasteiger partial charge in [0.15, 0.2) is 0 Å². The van der Waals surface area contributed by atoms with Crippen LogP contribution < -0.4 is 0 Å². The first-order valence-electron chi connectivity index (χ1n) is 3.19. The number of nitrogens with zero attached hydrogens (tertiary/aromatic N) is 1. The fourth-order valence-electron chi connectivity index (χ4n) is 0.783. The summed E-state index contributed by atoms with van der Waals surface area (Å²) in [5, 5.41) is 0. The highest BCUT2D eigenvalue weighted by atomic mass is 79.9. The van der Waals surface area contributed by atoms with Crippen molar-refractivity contribution in [3.8, 4) is 0 Å². The van der Waals surface area contributed by atoms with E-state index in [1.54, 1.807) is 6.92 Å². The zero-order valence-corrected chi connectivity index (χ0v) is 7.85. The lowest BCUT2D eigenvalue weighted by Crippen LogP contribution is -1.83. The van der Waals surface area contributed by atoms with Crippen LogP contribution in [0, 0.1) is 12.7 Å². The number of benzene rings is 1. The fraction of sp³-hybridized carbons (Fsp3) is 0.125. The molecule has 1 aromatic carbocycles. The molecule has 4 heteroatoms. The standard InChI is InChI=1S/C8H5BrFNO/c1-5-6(10)2-3-7(8(5)9)11-4-12/h2-3H,1H3. The molecule has 0 aliphatic carbocycles. The Hall–Kier alpha value is -0.990. The molecule has 12 heavy (non-hydrogen) atoms. The first kappa shape index (κ1) is 9.10. The van der Waals surface area contributed by atoms with Crippen LogP contribution in [-0.4, -0.2) is 6.08 Å². The van der Waals surface area contributed by atoms with E-state index >= 15 is 0 Å². The highest BCUT2D eigenvalue weighted by Crippen LogP contribution is 2.29. The molecule has 0 bridgehead atoms. The van der Waals surface area contributed by atoms with E-state index in [0.717, 1.165) is 0 Å². The largest absolute Gasteiger partial charge is 0.240 e. The van der Waals surface area contributed by atoms with E-state index in [1.807, 2.05) is 0 Å². The van der Waals surface area contributed by atoms with Gasteiger partial charge >= 0.3 is 0 Å². The zero-order chi connectivity index (χ0) is 9.14. The van der Waals surface area contributed by atoms with Gasteiger partial charge < -0.3 is 0 Å². The number of aliphatic imine (C=N–C) groups is 1. The molecule has 0 radical (unpaired) electrons. The third kappa shape index (κ3) is 1.60. The number of carbonyl (C=O) groups excluding carboxylic acids is 1. The molecular weight excluding hydrogens is 225 g/mol. The molecule has 2 nitrogen and oxygen atoms in total. The van der Waals surface area contributed by atoms with Gasteiger partial charge in [0, 0.05) is 10.0 Å². The Morgan fingerprint density at radius 2 is 2.25 bits per heavy atom. The molecule has 0 fully saturated rings. The number of halogens is 2. The minimum atomic E-state index is -0.327. The maximum absolute atomic E-state index is 12.8. The molecule has 0 aliphatic rings. The van der Waals surface area contributed by atoms with Gasteiger partial charge in [0.2, 0.25) is 6.08 Å². The number of isocyanates is 1. The summed E-state index contributed by atoms with van der Waals surface area (Å²) in [7, 11) is 0. The second-order valence-electron chi connectivity index (χ2n) is 2.21. The maximum Gasteiger partial charge on any atom is 0.240 e. The SMILES string of the molecule is Cc1c(F)ccc(N=C=O)c1Br. The molecule has 1 aromatic rings. The van der Waals surface area contributed by atoms with Crippen molar-refractivity contribution in [3.05, 3.63) is 28.0 Å². The zero-order valence-electron chi connectivity index (χ0n) is 6.27. The molecule has 62 valence electrons. The van der Waals surface area contributed by atoms with E-state index in [1.165, 1.54) is 18.2 Å². The van der Waals surface area contributed by atoms with Crippen molar-refractivity contribution >= 4 is 27.7 Å². The first-order chi connectivity index (χ1) is 5.66. The Kier molecular flexibility index (Phi) is 2.74. The van der Waals surface area contributed by atoms with E-state index in [0.29, 0.717) is 15.7 Å². The van der Waals surface area contributed by atoms with Gasteiger partial charge in [0.25, 0.3) is 0 Å². The van der Waals surface area contributed by atoms with E-state index in [2.05, 4.69) is 20.9 Å². The molecule has 0 amide bonds. The lowest BCUT2D eigenvalue weighted by atomic mass is 10.2. The van der Waals surface area contributed by atoms with Crippen LogP contribution in [0.1, 0.15) is 5.56 Å². The summed E-state index contributed by atoms with van der Waals surface area (Å²) in [6, 6.07) is 2.67. The molecule has 0 heterocycles. The van der Waals surface area contributed by atoms with Crippen LogP contribution in [0.4, 0.5) is 10.1 Å². The number of hydrogen-bond donors (Lipinski definition) is 0. The molecule has 0 spiro atoms. The van der Waals surface area contributed by atoms with Crippen molar-refractivity contribution in [2.45, 2.75) is 6.92 Å². The lowest BCUT2D eigenvalue weighted by Gasteiger charge is -2.00. The van der Waals surface area contributed by atoms with Crippen molar-refractivity contribution in [1.29, 1.82) is 0 Å². The average Bonchev–Trinajstić information content (AvgIpc) is 2.07. The van der Waals surface area contributed by atoms with Crippen molar-refractivity contribution in [3.63, 3.8) is 0 Å². The average molecular weight is 230 g/mol. The van der Waals surface area contributed by atoms with E-state index < -0.39 is 0 Å². The summed E-state index contributed by atoms with van der Waals surface area (Å²) >= 11 is 3.12. The van der Waals surface area contributed by atoms with Crippen molar-refractivity contribution in [2.24, 2.45) is 4.99 Å². The van der Waals surface area contributed by atoms with E-state index in [9.17, 15) is 9.18 Å². The topological polar surface area (TPSA) is 29.4 Å². The van der Waals surface area contributed by atoms with Crippen LogP contribution in [0.15, 0.2) is 21.6 Å². The van der Waals surface area contributed by atoms with Crippen LogP contribution in [0.25, 0.3) is 0 Å². The second-order valence-corrected chi connectivity index (χ2v) is 3.00. The lowest BCUT2D eigenvalue weighted by molar-refractivity contribution is 0.565. The Balaban J connectivity index is 3.35. The smallest absolute Gasteiger partial charge is 0.211 e. The van der Waals surface area contributed by atoms with Crippen LogP contribution in [-0.2, 0) is 4.79 Å². The van der Waals surface area contributed by atoms with E-state index in [-0.39, 0.29) is 5.82 Å². The normalized spacial score (nSPS) is 9.25. The van der Waals surface area contributed by atoms with Gasteiger partial charge in [-0.15, -0.1) is 0 Å². The highest BCUT2D eigenvalue weighted by molar-refractivity contribution is 9.10. The minimum Gasteiger partial charge on any atom is -0.211 e. The second kappa shape index (κ2) is 3.61. The summed E-state index contributed by atoms with van der Waals surface area (Å²) < 4.78 is 13.3. The Bertz CT molecular complexity index is 358. The number of hydrogen-bond acceptors (Lipinski definition) is 2. The van der Waals surface area contributed by atoms with Crippen molar-refractivity contribution in [2.75, 3.05) is 0 Å². The Morgan fingerprint density at radius 1 is 1.58 bits per heavy atom. The molecule has 1 rings (SSSR count). The monoisotopic (exact) mass is 229 g/mol. The first-order valence-corrected chi connectivity index (χ1v) is 3.98. The van der Waals surface area contributed by atoms with Gasteiger partial charge in [-0.3, -0.25) is 0 Å². The predicted molar refractivity (Wildman–Crippen MR) is 46.6 cm³/mol. The summed E-state index contributed by atoms with van der Waals surface area (Å²) in [5.41, 5.74) is 0.829. The maximum atomic E-state index is 12.8. The van der Waals surface area contributed by atoms with Gasteiger partial charge in [-0.1, -0.05) is 0 Å². The van der Waals surface area contributed by atoms with Gasteiger partial charge in [0.1, 0.15) is 5.82 Å². The highest BCUT2D eigenvalue weighted by Gasteiger charge is 2.05. The Labute approximate surface area is 77.3 Å². The molecule has 0 aromatic heterocycles. The third-order valence-corrected chi connectivity index (χ3v) is 2.47. The van der Waals surface area contributed by atoms with Gasteiger partial charge in [-0.05, 0) is 35.0 Å².